The summed E-state index contributed by atoms with van der Waals surface area (Å²) in [5.41, 5.74) is 0.507. The van der Waals surface area contributed by atoms with E-state index in [9.17, 15) is 0 Å². The maximum atomic E-state index is 4.14. The Morgan fingerprint density at radius 1 is 0.923 bits per heavy atom. The van der Waals surface area contributed by atoms with Crippen molar-refractivity contribution in [2.45, 2.75) is 39.5 Å². The summed E-state index contributed by atoms with van der Waals surface area (Å²) >= 11 is 8.28. The largest absolute Gasteiger partial charge is 0.111 e. The summed E-state index contributed by atoms with van der Waals surface area (Å²) in [7, 11) is 3.30. The number of hydrogen-bond donors (Lipinski definition) is 2. The van der Waals surface area contributed by atoms with Gasteiger partial charge in [-0.2, -0.15) is 0 Å². The minimum Gasteiger partial charge on any atom is -0.111 e. The summed E-state index contributed by atoms with van der Waals surface area (Å²) in [4.78, 5) is 0. The number of thiol groups is 2. The zero-order chi connectivity index (χ0) is 10.2. The molecule has 0 bridgehead atoms. The lowest BCUT2D eigenvalue weighted by Crippen LogP contribution is -2.11. The Labute approximate surface area is 101 Å². The van der Waals surface area contributed by atoms with E-state index in [0.29, 0.717) is 5.41 Å². The molecule has 0 radical (unpaired) electrons. The summed E-state index contributed by atoms with van der Waals surface area (Å²) < 4.78 is 0. The van der Waals surface area contributed by atoms with Crippen LogP contribution in [0.3, 0.4) is 0 Å². The first-order chi connectivity index (χ1) is 6.12. The molecule has 0 aliphatic carbocycles. The molecular weight excluding hydrogens is 236 g/mol. The van der Waals surface area contributed by atoms with Crippen LogP contribution in [0.5, 0.6) is 0 Å². The zero-order valence-electron chi connectivity index (χ0n) is 8.45. The van der Waals surface area contributed by atoms with Gasteiger partial charge in [0, 0.05) is 11.5 Å². The fraction of sp³-hybridized carbons (Fsp3) is 1.00. The summed E-state index contributed by atoms with van der Waals surface area (Å²) in [6.07, 6.45) is 5.21. The van der Waals surface area contributed by atoms with E-state index in [4.69, 9.17) is 0 Å². The maximum Gasteiger partial charge on any atom is 0.00347 e. The van der Waals surface area contributed by atoms with Crippen molar-refractivity contribution in [3.63, 3.8) is 0 Å². The molecule has 0 aromatic heterocycles. The first-order valence-corrected chi connectivity index (χ1v) is 8.73. The highest BCUT2D eigenvalue weighted by Gasteiger charge is 2.16. The van der Waals surface area contributed by atoms with E-state index in [0.717, 1.165) is 0 Å². The monoisotopic (exact) mass is 256 g/mol. The predicted molar refractivity (Wildman–Crippen MR) is 75.1 cm³/mol. The van der Waals surface area contributed by atoms with Crippen LogP contribution in [0, 0.1) is 5.41 Å². The standard InChI is InChI=1S/C9H20S4/c1-9(2,5-3-7-12-10)6-4-8-13-11/h10-11H,3-8H2,1-2H3. The molecular formula is C9H20S4. The summed E-state index contributed by atoms with van der Waals surface area (Å²) in [6, 6.07) is 0. The van der Waals surface area contributed by atoms with Gasteiger partial charge >= 0.3 is 0 Å². The van der Waals surface area contributed by atoms with Gasteiger partial charge in [-0.25, -0.2) is 0 Å². The highest BCUT2D eigenvalue weighted by molar-refractivity contribution is 8.68. The van der Waals surface area contributed by atoms with Gasteiger partial charge in [-0.05, 0) is 31.1 Å². The molecule has 0 amide bonds. The Bertz CT molecular complexity index is 102. The van der Waals surface area contributed by atoms with Gasteiger partial charge in [0.25, 0.3) is 0 Å². The molecule has 0 aromatic carbocycles. The summed E-state index contributed by atoms with van der Waals surface area (Å²) in [6.45, 7) is 4.72. The molecule has 0 aliphatic heterocycles. The van der Waals surface area contributed by atoms with Gasteiger partial charge in [0.1, 0.15) is 0 Å². The van der Waals surface area contributed by atoms with Gasteiger partial charge in [-0.15, -0.1) is 23.3 Å². The van der Waals surface area contributed by atoms with Crippen molar-refractivity contribution in [2.75, 3.05) is 11.5 Å². The van der Waals surface area contributed by atoms with Crippen molar-refractivity contribution in [1.29, 1.82) is 0 Å². The van der Waals surface area contributed by atoms with Crippen LogP contribution < -0.4 is 0 Å². The van der Waals surface area contributed by atoms with Crippen LogP contribution in [0.15, 0.2) is 0 Å². The minimum atomic E-state index is 0.507. The number of hydrogen-bond acceptors (Lipinski definition) is 4. The van der Waals surface area contributed by atoms with E-state index in [1.165, 1.54) is 37.2 Å². The second-order valence-corrected chi connectivity index (χ2v) is 6.92. The van der Waals surface area contributed by atoms with E-state index < -0.39 is 0 Å². The fourth-order valence-corrected chi connectivity index (χ4v) is 2.68. The molecule has 0 unspecified atom stereocenters. The summed E-state index contributed by atoms with van der Waals surface area (Å²) in [5, 5.41) is 0. The lowest BCUT2D eigenvalue weighted by molar-refractivity contribution is 0.303. The molecule has 4 heteroatoms. The second-order valence-electron chi connectivity index (χ2n) is 4.04. The molecule has 0 atom stereocenters. The second kappa shape index (κ2) is 8.69. The third kappa shape index (κ3) is 9.70. The lowest BCUT2D eigenvalue weighted by atomic mass is 9.84. The van der Waals surface area contributed by atoms with Gasteiger partial charge in [-0.1, -0.05) is 35.4 Å². The molecule has 0 nitrogen and oxygen atoms in total. The molecule has 0 spiro atoms. The molecule has 0 fully saturated rings. The molecule has 0 rings (SSSR count). The zero-order valence-corrected chi connectivity index (χ0v) is 11.9. The third-order valence-electron chi connectivity index (χ3n) is 2.18. The van der Waals surface area contributed by atoms with Crippen LogP contribution in [0.1, 0.15) is 39.5 Å². The normalized spacial score (nSPS) is 12.0. The lowest BCUT2D eigenvalue weighted by Gasteiger charge is -2.24. The van der Waals surface area contributed by atoms with Crippen molar-refractivity contribution in [1.82, 2.24) is 0 Å². The fourth-order valence-electron chi connectivity index (χ4n) is 1.36. The Morgan fingerprint density at radius 2 is 1.31 bits per heavy atom. The maximum absolute atomic E-state index is 4.14. The molecule has 13 heavy (non-hydrogen) atoms. The Hall–Kier alpha value is 1.40. The third-order valence-corrected chi connectivity index (χ3v) is 4.22. The highest BCUT2D eigenvalue weighted by Crippen LogP contribution is 2.30. The van der Waals surface area contributed by atoms with E-state index in [1.54, 1.807) is 21.6 Å². The van der Waals surface area contributed by atoms with E-state index in [1.807, 2.05) is 0 Å². The van der Waals surface area contributed by atoms with Gasteiger partial charge in [0.05, 0.1) is 0 Å². The molecule has 0 saturated heterocycles. The van der Waals surface area contributed by atoms with Crippen LogP contribution in [-0.4, -0.2) is 11.5 Å². The van der Waals surface area contributed by atoms with Crippen molar-refractivity contribution in [3.8, 4) is 0 Å². The van der Waals surface area contributed by atoms with Crippen LogP contribution >= 0.6 is 44.9 Å². The SMILES string of the molecule is CC(C)(CCCSS)CCCSS. The first kappa shape index (κ1) is 14.4. The predicted octanol–water partition coefficient (Wildman–Crippen LogP) is 4.73. The van der Waals surface area contributed by atoms with Crippen molar-refractivity contribution >= 4 is 44.9 Å². The molecule has 0 aromatic rings. The smallest absolute Gasteiger partial charge is 0.00347 e. The molecule has 0 saturated carbocycles. The van der Waals surface area contributed by atoms with E-state index in [2.05, 4.69) is 37.2 Å². The van der Waals surface area contributed by atoms with Gasteiger partial charge in [-0.3, -0.25) is 0 Å². The highest BCUT2D eigenvalue weighted by atomic mass is 33.1. The van der Waals surface area contributed by atoms with Crippen LogP contribution in [-0.2, 0) is 0 Å². The van der Waals surface area contributed by atoms with Gasteiger partial charge in [0.2, 0.25) is 0 Å². The molecule has 0 aliphatic rings. The minimum absolute atomic E-state index is 0.507. The van der Waals surface area contributed by atoms with Crippen LogP contribution in [0.25, 0.3) is 0 Å². The Morgan fingerprint density at radius 3 is 1.62 bits per heavy atom. The quantitative estimate of drug-likeness (QED) is 0.366. The van der Waals surface area contributed by atoms with Crippen molar-refractivity contribution in [3.05, 3.63) is 0 Å². The van der Waals surface area contributed by atoms with E-state index >= 15 is 0 Å². The van der Waals surface area contributed by atoms with Crippen molar-refractivity contribution in [2.24, 2.45) is 5.41 Å². The Balaban J connectivity index is 3.42. The van der Waals surface area contributed by atoms with E-state index in [-0.39, 0.29) is 0 Å². The van der Waals surface area contributed by atoms with Crippen LogP contribution in [0.2, 0.25) is 0 Å². The van der Waals surface area contributed by atoms with Crippen molar-refractivity contribution < 1.29 is 0 Å². The van der Waals surface area contributed by atoms with Crippen LogP contribution in [0.4, 0.5) is 0 Å². The average Bonchev–Trinajstić information content (AvgIpc) is 2.05. The van der Waals surface area contributed by atoms with Gasteiger partial charge in [0.15, 0.2) is 0 Å². The Kier molecular flexibility index (Phi) is 9.62. The number of rotatable bonds is 8. The average molecular weight is 257 g/mol. The van der Waals surface area contributed by atoms with Gasteiger partial charge < -0.3 is 0 Å². The molecule has 0 N–H and O–H groups in total. The summed E-state index contributed by atoms with van der Waals surface area (Å²) in [5.74, 6) is 2.35. The first-order valence-electron chi connectivity index (χ1n) is 4.65. The topological polar surface area (TPSA) is 0 Å². The molecule has 0 heterocycles. The molecule has 80 valence electrons.